The van der Waals surface area contributed by atoms with Crippen LogP contribution >= 0.6 is 24.8 Å². The van der Waals surface area contributed by atoms with E-state index >= 15 is 0 Å². The molecule has 1 aromatic carbocycles. The van der Waals surface area contributed by atoms with Crippen molar-refractivity contribution < 1.29 is 14.3 Å². The molecular weight excluding hydrogens is 389 g/mol. The van der Waals surface area contributed by atoms with Crippen LogP contribution in [0.5, 0.6) is 11.5 Å². The minimum Gasteiger partial charge on any atom is -0.497 e. The van der Waals surface area contributed by atoms with Crippen molar-refractivity contribution in [3.8, 4) is 11.5 Å². The van der Waals surface area contributed by atoms with Gasteiger partial charge in [-0.2, -0.15) is 0 Å². The van der Waals surface area contributed by atoms with Gasteiger partial charge >= 0.3 is 0 Å². The summed E-state index contributed by atoms with van der Waals surface area (Å²) in [7, 11) is 3.34. The highest BCUT2D eigenvalue weighted by Gasteiger charge is 2.28. The minimum absolute atomic E-state index is 0. The minimum atomic E-state index is 0. The Hall–Kier alpha value is -1.21. The largest absolute Gasteiger partial charge is 0.497 e. The van der Waals surface area contributed by atoms with Gasteiger partial charge in [-0.3, -0.25) is 9.69 Å². The van der Waals surface area contributed by atoms with E-state index in [-0.39, 0.29) is 30.7 Å². The highest BCUT2D eigenvalue weighted by Crippen LogP contribution is 2.24. The quantitative estimate of drug-likeness (QED) is 0.792. The fourth-order valence-electron chi connectivity index (χ4n) is 3.66. The van der Waals surface area contributed by atoms with Gasteiger partial charge in [0, 0.05) is 45.3 Å². The second-order valence-corrected chi connectivity index (χ2v) is 6.87. The summed E-state index contributed by atoms with van der Waals surface area (Å²) in [5, 5.41) is 3.34. The summed E-state index contributed by atoms with van der Waals surface area (Å²) in [5.74, 6) is 2.12. The Kier molecular flexibility index (Phi) is 10.2. The first-order chi connectivity index (χ1) is 12.2. The number of rotatable bonds is 5. The zero-order chi connectivity index (χ0) is 17.6. The van der Waals surface area contributed by atoms with Gasteiger partial charge in [0.05, 0.1) is 20.1 Å². The van der Waals surface area contributed by atoms with E-state index in [9.17, 15) is 4.79 Å². The van der Waals surface area contributed by atoms with E-state index in [1.54, 1.807) is 14.2 Å². The van der Waals surface area contributed by atoms with Crippen molar-refractivity contribution in [1.82, 2.24) is 15.1 Å². The fraction of sp³-hybridized carbons (Fsp3) is 0.632. The molecule has 6 nitrogen and oxygen atoms in total. The van der Waals surface area contributed by atoms with Crippen LogP contribution in [0.4, 0.5) is 0 Å². The highest BCUT2D eigenvalue weighted by atomic mass is 35.5. The van der Waals surface area contributed by atoms with Crippen molar-refractivity contribution in [2.45, 2.75) is 19.4 Å². The standard InChI is InChI=1S/C19H29N3O3.2ClH/c1-24-17-10-15(11-18(12-17)25-2)14-21-6-8-22(9-7-21)19(23)16-4-3-5-20-13-16;;/h10-12,16,20H,3-9,13-14H2,1-2H3;2*1H. The number of piperidine rings is 1. The number of carbonyl (C=O) groups is 1. The Labute approximate surface area is 174 Å². The van der Waals surface area contributed by atoms with Gasteiger partial charge in [-0.15, -0.1) is 24.8 Å². The van der Waals surface area contributed by atoms with Crippen LogP contribution in [0.3, 0.4) is 0 Å². The summed E-state index contributed by atoms with van der Waals surface area (Å²) in [6.45, 7) is 6.18. The molecule has 0 bridgehead atoms. The van der Waals surface area contributed by atoms with E-state index in [0.29, 0.717) is 5.91 Å². The third-order valence-electron chi connectivity index (χ3n) is 5.15. The van der Waals surface area contributed by atoms with Gasteiger partial charge < -0.3 is 19.7 Å². The Bertz CT molecular complexity index is 567. The number of piperazine rings is 1. The van der Waals surface area contributed by atoms with E-state index in [0.717, 1.165) is 70.2 Å². The van der Waals surface area contributed by atoms with Crippen molar-refractivity contribution >= 4 is 30.7 Å². The number of methoxy groups -OCH3 is 2. The van der Waals surface area contributed by atoms with E-state index in [1.807, 2.05) is 23.1 Å². The average Bonchev–Trinajstić information content (AvgIpc) is 2.68. The molecule has 0 spiro atoms. The number of ether oxygens (including phenoxy) is 2. The van der Waals surface area contributed by atoms with E-state index in [1.165, 1.54) is 5.56 Å². The molecule has 27 heavy (non-hydrogen) atoms. The maximum atomic E-state index is 12.6. The molecule has 8 heteroatoms. The molecule has 2 aliphatic rings. The summed E-state index contributed by atoms with van der Waals surface area (Å²) in [5.41, 5.74) is 1.17. The molecule has 1 N–H and O–H groups in total. The number of halogens is 2. The number of hydrogen-bond acceptors (Lipinski definition) is 5. The van der Waals surface area contributed by atoms with Crippen LogP contribution in [0.1, 0.15) is 18.4 Å². The lowest BCUT2D eigenvalue weighted by Gasteiger charge is -2.37. The molecule has 2 fully saturated rings. The molecule has 2 aliphatic heterocycles. The lowest BCUT2D eigenvalue weighted by atomic mass is 9.98. The summed E-state index contributed by atoms with van der Waals surface area (Å²) < 4.78 is 10.7. The first-order valence-corrected chi connectivity index (χ1v) is 9.13. The first-order valence-electron chi connectivity index (χ1n) is 9.13. The fourth-order valence-corrected chi connectivity index (χ4v) is 3.66. The highest BCUT2D eigenvalue weighted by molar-refractivity contribution is 5.85. The van der Waals surface area contributed by atoms with Crippen LogP contribution in [-0.4, -0.2) is 69.2 Å². The number of hydrogen-bond donors (Lipinski definition) is 1. The number of carbonyl (C=O) groups excluding carboxylic acids is 1. The van der Waals surface area contributed by atoms with E-state index < -0.39 is 0 Å². The monoisotopic (exact) mass is 419 g/mol. The molecule has 3 rings (SSSR count). The van der Waals surface area contributed by atoms with Crippen LogP contribution < -0.4 is 14.8 Å². The molecular formula is C19H31Cl2N3O3. The number of benzene rings is 1. The van der Waals surface area contributed by atoms with E-state index in [2.05, 4.69) is 10.2 Å². The third kappa shape index (κ3) is 6.42. The first kappa shape index (κ1) is 23.8. The molecule has 1 atom stereocenters. The summed E-state index contributed by atoms with van der Waals surface area (Å²) >= 11 is 0. The van der Waals surface area contributed by atoms with Crippen molar-refractivity contribution in [3.05, 3.63) is 23.8 Å². The SMILES string of the molecule is COc1cc(CN2CCN(C(=O)C3CCCNC3)CC2)cc(OC)c1.Cl.Cl. The Morgan fingerprint density at radius 2 is 1.70 bits per heavy atom. The van der Waals surface area contributed by atoms with Crippen LogP contribution in [0.15, 0.2) is 18.2 Å². The van der Waals surface area contributed by atoms with Gasteiger partial charge in [0.1, 0.15) is 11.5 Å². The molecule has 154 valence electrons. The lowest BCUT2D eigenvalue weighted by molar-refractivity contribution is -0.137. The second kappa shape index (κ2) is 11.6. The normalized spacial score (nSPS) is 20.2. The van der Waals surface area contributed by atoms with Gasteiger partial charge in [0.25, 0.3) is 0 Å². The zero-order valence-corrected chi connectivity index (χ0v) is 17.7. The number of amides is 1. The van der Waals surface area contributed by atoms with Crippen LogP contribution in [-0.2, 0) is 11.3 Å². The van der Waals surface area contributed by atoms with Crippen LogP contribution in [0, 0.1) is 5.92 Å². The Balaban J connectivity index is 0.00000182. The molecule has 1 aromatic rings. The molecule has 0 aromatic heterocycles. The van der Waals surface area contributed by atoms with Crippen molar-refractivity contribution in [2.24, 2.45) is 5.92 Å². The predicted molar refractivity (Wildman–Crippen MR) is 111 cm³/mol. The van der Waals surface area contributed by atoms with Gasteiger partial charge in [0.15, 0.2) is 0 Å². The smallest absolute Gasteiger partial charge is 0.227 e. The maximum Gasteiger partial charge on any atom is 0.227 e. The van der Waals surface area contributed by atoms with Crippen molar-refractivity contribution in [1.29, 1.82) is 0 Å². The van der Waals surface area contributed by atoms with E-state index in [4.69, 9.17) is 9.47 Å². The van der Waals surface area contributed by atoms with Gasteiger partial charge in [-0.05, 0) is 37.1 Å². The van der Waals surface area contributed by atoms with Gasteiger partial charge in [-0.1, -0.05) is 0 Å². The number of nitrogens with one attached hydrogen (secondary N) is 1. The van der Waals surface area contributed by atoms with Crippen LogP contribution in [0.25, 0.3) is 0 Å². The van der Waals surface area contributed by atoms with Gasteiger partial charge in [-0.25, -0.2) is 0 Å². The molecule has 2 heterocycles. The van der Waals surface area contributed by atoms with Crippen molar-refractivity contribution in [3.63, 3.8) is 0 Å². The molecule has 1 amide bonds. The third-order valence-corrected chi connectivity index (χ3v) is 5.15. The average molecular weight is 420 g/mol. The zero-order valence-electron chi connectivity index (χ0n) is 16.1. The topological polar surface area (TPSA) is 54.0 Å². The molecule has 0 aliphatic carbocycles. The number of nitrogens with zero attached hydrogens (tertiary/aromatic N) is 2. The lowest BCUT2D eigenvalue weighted by Crippen LogP contribution is -2.51. The molecule has 0 saturated carbocycles. The summed E-state index contributed by atoms with van der Waals surface area (Å²) in [6, 6.07) is 5.99. The Morgan fingerprint density at radius 3 is 2.22 bits per heavy atom. The van der Waals surface area contributed by atoms with Crippen LogP contribution in [0.2, 0.25) is 0 Å². The molecule has 1 unspecified atom stereocenters. The van der Waals surface area contributed by atoms with Gasteiger partial charge in [0.2, 0.25) is 5.91 Å². The second-order valence-electron chi connectivity index (χ2n) is 6.87. The summed E-state index contributed by atoms with van der Waals surface area (Å²) in [6.07, 6.45) is 2.13. The maximum absolute atomic E-state index is 12.6. The Morgan fingerprint density at radius 1 is 1.07 bits per heavy atom. The predicted octanol–water partition coefficient (Wildman–Crippen LogP) is 2.19. The molecule has 2 saturated heterocycles. The molecule has 0 radical (unpaired) electrons. The van der Waals surface area contributed by atoms with Crippen molar-refractivity contribution in [2.75, 3.05) is 53.5 Å². The summed E-state index contributed by atoms with van der Waals surface area (Å²) in [4.78, 5) is 17.0.